The van der Waals surface area contributed by atoms with Gasteiger partial charge in [-0.1, -0.05) is 60.7 Å². The van der Waals surface area contributed by atoms with E-state index in [0.29, 0.717) is 0 Å². The third kappa shape index (κ3) is 8.64. The maximum absolute atomic E-state index is 12.0. The Morgan fingerprint density at radius 1 is 0.865 bits per heavy atom. The number of nitrogens with one attached hydrogen (secondary N) is 1. The molecule has 1 fully saturated rings. The Bertz CT molecular complexity index is 1020. The number of carbonyl (C=O) groups is 3. The average molecular weight is 516 g/mol. The number of aliphatic hydroxyl groups excluding tert-OH is 1. The normalized spacial score (nSPS) is 24.1. The zero-order chi connectivity index (χ0) is 26.8. The Morgan fingerprint density at radius 2 is 1.41 bits per heavy atom. The van der Waals surface area contributed by atoms with E-state index in [1.165, 1.54) is 20.8 Å². The van der Waals surface area contributed by atoms with Crippen LogP contribution < -0.4 is 5.32 Å². The standard InChI is InChI=1S/C27H33NO9/c1-17(29)28-23-25(34-14-20-10-6-4-7-11-20)26(35-15-21-12-8-5-9-13-21)24(37-27(23)32)22(36-19(3)31)16-33-18(2)30/h4-13,22-27,32H,14-16H2,1-3H3,(H,28,29)/t22-,23+,24+,25+,26+,27+/m0/s1. The number of carbonyl (C=O) groups excluding carboxylic acids is 3. The van der Waals surface area contributed by atoms with E-state index in [1.807, 2.05) is 60.7 Å². The number of hydrogen-bond donors (Lipinski definition) is 2. The third-order valence-corrected chi connectivity index (χ3v) is 5.68. The zero-order valence-electron chi connectivity index (χ0n) is 21.1. The second-order valence-corrected chi connectivity index (χ2v) is 8.69. The van der Waals surface area contributed by atoms with Crippen molar-refractivity contribution >= 4 is 17.8 Å². The number of ether oxygens (including phenoxy) is 5. The van der Waals surface area contributed by atoms with Crippen LogP contribution in [-0.2, 0) is 51.3 Å². The third-order valence-electron chi connectivity index (χ3n) is 5.68. The van der Waals surface area contributed by atoms with Gasteiger partial charge in [-0.15, -0.1) is 0 Å². The zero-order valence-corrected chi connectivity index (χ0v) is 21.1. The van der Waals surface area contributed by atoms with Gasteiger partial charge in [-0.05, 0) is 11.1 Å². The van der Waals surface area contributed by atoms with Crippen molar-refractivity contribution in [2.45, 2.75) is 70.7 Å². The highest BCUT2D eigenvalue weighted by atomic mass is 16.7. The van der Waals surface area contributed by atoms with Crippen LogP contribution in [0.2, 0.25) is 0 Å². The maximum Gasteiger partial charge on any atom is 0.303 e. The van der Waals surface area contributed by atoms with Gasteiger partial charge in [0.25, 0.3) is 0 Å². The van der Waals surface area contributed by atoms with Gasteiger partial charge in [-0.2, -0.15) is 0 Å². The fourth-order valence-electron chi connectivity index (χ4n) is 4.09. The summed E-state index contributed by atoms with van der Waals surface area (Å²) in [4.78, 5) is 35.4. The van der Waals surface area contributed by atoms with Crippen LogP contribution in [0.1, 0.15) is 31.9 Å². The molecule has 0 unspecified atom stereocenters. The molecule has 0 aromatic heterocycles. The monoisotopic (exact) mass is 515 g/mol. The number of benzene rings is 2. The quantitative estimate of drug-likeness (QED) is 0.431. The summed E-state index contributed by atoms with van der Waals surface area (Å²) in [6.07, 6.45) is -5.59. The lowest BCUT2D eigenvalue weighted by Crippen LogP contribution is -2.67. The van der Waals surface area contributed by atoms with Crippen LogP contribution in [0.3, 0.4) is 0 Å². The molecule has 0 spiro atoms. The van der Waals surface area contributed by atoms with Crippen molar-refractivity contribution in [3.8, 4) is 0 Å². The van der Waals surface area contributed by atoms with E-state index in [1.54, 1.807) is 0 Å². The average Bonchev–Trinajstić information content (AvgIpc) is 2.86. The minimum atomic E-state index is -1.53. The van der Waals surface area contributed by atoms with Crippen LogP contribution in [0, 0.1) is 0 Å². The molecule has 1 heterocycles. The van der Waals surface area contributed by atoms with E-state index in [9.17, 15) is 19.5 Å². The summed E-state index contributed by atoms with van der Waals surface area (Å²) in [5, 5.41) is 13.6. The Hall–Kier alpha value is -3.31. The molecule has 2 N–H and O–H groups in total. The van der Waals surface area contributed by atoms with Gasteiger partial charge in [-0.25, -0.2) is 0 Å². The van der Waals surface area contributed by atoms with E-state index in [0.717, 1.165) is 11.1 Å². The molecule has 10 nitrogen and oxygen atoms in total. The van der Waals surface area contributed by atoms with Gasteiger partial charge in [-0.3, -0.25) is 14.4 Å². The predicted octanol–water partition coefficient (Wildman–Crippen LogP) is 1.87. The molecule has 1 aliphatic rings. The molecule has 1 amide bonds. The number of rotatable bonds is 11. The number of hydrogen-bond acceptors (Lipinski definition) is 9. The first-order valence-corrected chi connectivity index (χ1v) is 12.0. The van der Waals surface area contributed by atoms with Crippen molar-refractivity contribution in [3.63, 3.8) is 0 Å². The van der Waals surface area contributed by atoms with E-state index in [2.05, 4.69) is 5.32 Å². The van der Waals surface area contributed by atoms with Gasteiger partial charge in [0.1, 0.15) is 31.0 Å². The second-order valence-electron chi connectivity index (χ2n) is 8.69. The molecule has 0 bridgehead atoms. The summed E-state index contributed by atoms with van der Waals surface area (Å²) in [7, 11) is 0. The molecule has 0 saturated carbocycles. The lowest BCUT2D eigenvalue weighted by molar-refractivity contribution is -0.290. The Morgan fingerprint density at radius 3 is 1.89 bits per heavy atom. The van der Waals surface area contributed by atoms with Crippen molar-refractivity contribution in [2.24, 2.45) is 0 Å². The van der Waals surface area contributed by atoms with E-state index >= 15 is 0 Å². The molecule has 1 saturated heterocycles. The van der Waals surface area contributed by atoms with Crippen molar-refractivity contribution in [3.05, 3.63) is 71.8 Å². The molecule has 200 valence electrons. The Kier molecular flexibility index (Phi) is 10.6. The van der Waals surface area contributed by atoms with Gasteiger partial charge < -0.3 is 34.1 Å². The second kappa shape index (κ2) is 13.8. The molecule has 37 heavy (non-hydrogen) atoms. The van der Waals surface area contributed by atoms with Crippen LogP contribution in [-0.4, -0.2) is 66.3 Å². The van der Waals surface area contributed by atoms with E-state index in [4.69, 9.17) is 23.7 Å². The highest BCUT2D eigenvalue weighted by molar-refractivity contribution is 5.73. The largest absolute Gasteiger partial charge is 0.462 e. The first kappa shape index (κ1) is 28.3. The highest BCUT2D eigenvalue weighted by Gasteiger charge is 2.51. The lowest BCUT2D eigenvalue weighted by Gasteiger charge is -2.46. The van der Waals surface area contributed by atoms with Gasteiger partial charge in [0.15, 0.2) is 12.4 Å². The molecular formula is C27H33NO9. The summed E-state index contributed by atoms with van der Waals surface area (Å²) in [5.74, 6) is -1.62. The number of esters is 2. The fourth-order valence-corrected chi connectivity index (χ4v) is 4.09. The molecule has 1 aliphatic heterocycles. The van der Waals surface area contributed by atoms with Crippen molar-refractivity contribution < 1.29 is 43.2 Å². The fraction of sp³-hybridized carbons (Fsp3) is 0.444. The summed E-state index contributed by atoms with van der Waals surface area (Å²) in [6, 6.07) is 17.7. The molecule has 6 atom stereocenters. The maximum atomic E-state index is 12.0. The van der Waals surface area contributed by atoms with Gasteiger partial charge in [0.2, 0.25) is 5.91 Å². The summed E-state index contributed by atoms with van der Waals surface area (Å²) in [5.41, 5.74) is 1.72. The lowest BCUT2D eigenvalue weighted by atomic mass is 9.92. The van der Waals surface area contributed by atoms with Crippen molar-refractivity contribution in [2.75, 3.05) is 6.61 Å². The minimum absolute atomic E-state index is 0.139. The molecule has 10 heteroatoms. The van der Waals surface area contributed by atoms with E-state index < -0.39 is 54.6 Å². The molecule has 0 radical (unpaired) electrons. The first-order valence-electron chi connectivity index (χ1n) is 12.0. The minimum Gasteiger partial charge on any atom is -0.462 e. The first-order chi connectivity index (χ1) is 17.7. The van der Waals surface area contributed by atoms with Crippen molar-refractivity contribution in [1.82, 2.24) is 5.32 Å². The van der Waals surface area contributed by atoms with Crippen LogP contribution in [0.5, 0.6) is 0 Å². The molecule has 0 aliphatic carbocycles. The van der Waals surface area contributed by atoms with Crippen LogP contribution >= 0.6 is 0 Å². The topological polar surface area (TPSA) is 130 Å². The predicted molar refractivity (Wildman–Crippen MR) is 131 cm³/mol. The van der Waals surface area contributed by atoms with E-state index in [-0.39, 0.29) is 19.8 Å². The van der Waals surface area contributed by atoms with Gasteiger partial charge in [0, 0.05) is 20.8 Å². The van der Waals surface area contributed by atoms with Crippen LogP contribution in [0.25, 0.3) is 0 Å². The van der Waals surface area contributed by atoms with Crippen LogP contribution in [0.15, 0.2) is 60.7 Å². The highest BCUT2D eigenvalue weighted by Crippen LogP contribution is 2.30. The van der Waals surface area contributed by atoms with Crippen molar-refractivity contribution in [1.29, 1.82) is 0 Å². The number of amides is 1. The SMILES string of the molecule is CC(=O)N[C@@H]1[C@@H](OCc2ccccc2)[C@H](OCc2ccccc2)[C@@H]([C@H](COC(C)=O)OC(C)=O)O[C@H]1O. The molecule has 3 rings (SSSR count). The van der Waals surface area contributed by atoms with Gasteiger partial charge in [0.05, 0.1) is 13.2 Å². The number of aliphatic hydroxyl groups is 1. The Labute approximate surface area is 215 Å². The molecule has 2 aromatic rings. The Balaban J connectivity index is 1.96. The summed E-state index contributed by atoms with van der Waals surface area (Å²) in [6.45, 7) is 3.71. The van der Waals surface area contributed by atoms with Crippen LogP contribution in [0.4, 0.5) is 0 Å². The molecular weight excluding hydrogens is 482 g/mol. The molecule has 2 aromatic carbocycles. The smallest absolute Gasteiger partial charge is 0.303 e. The summed E-state index contributed by atoms with van der Waals surface area (Å²) >= 11 is 0. The summed E-state index contributed by atoms with van der Waals surface area (Å²) < 4.78 is 28.9. The van der Waals surface area contributed by atoms with Gasteiger partial charge >= 0.3 is 11.9 Å².